The molecule has 0 amide bonds. The molecule has 4 heteroatoms. The highest BCUT2D eigenvalue weighted by molar-refractivity contribution is 6.33. The van der Waals surface area contributed by atoms with E-state index in [-0.39, 0.29) is 11.6 Å². The maximum absolute atomic E-state index is 6.82. The highest BCUT2D eigenvalue weighted by Crippen LogP contribution is 2.33. The van der Waals surface area contributed by atoms with Gasteiger partial charge in [-0.2, -0.15) is 0 Å². The molecule has 0 atom stereocenters. The Labute approximate surface area is 75.8 Å². The second kappa shape index (κ2) is 3.42. The van der Waals surface area contributed by atoms with Gasteiger partial charge in [-0.3, -0.25) is 0 Å². The van der Waals surface area contributed by atoms with E-state index in [0.717, 1.165) is 5.69 Å². The molecule has 0 aliphatic rings. The number of halogens is 1. The molecule has 0 saturated heterocycles. The van der Waals surface area contributed by atoms with E-state index in [4.69, 9.17) is 22.9 Å². The summed E-state index contributed by atoms with van der Waals surface area (Å²) in [5, 5.41) is 0.384. The summed E-state index contributed by atoms with van der Waals surface area (Å²) in [4.78, 5) is 7.22. The van der Waals surface area contributed by atoms with Crippen LogP contribution in [-0.2, 0) is 0 Å². The third-order valence-electron chi connectivity index (χ3n) is 1.35. The van der Waals surface area contributed by atoms with Gasteiger partial charge < -0.3 is 4.74 Å². The summed E-state index contributed by atoms with van der Waals surface area (Å²) in [5.41, 5.74) is 1.01. The van der Waals surface area contributed by atoms with E-state index in [2.05, 4.69) is 9.83 Å². The molecule has 1 rings (SSSR count). The lowest BCUT2D eigenvalue weighted by molar-refractivity contribution is 0.400. The number of methoxy groups -OCH3 is 1. The fraction of sp³-hybridized carbons (Fsp3) is 0.250. The third kappa shape index (κ3) is 1.49. The Balaban J connectivity index is 3.36. The van der Waals surface area contributed by atoms with Crippen LogP contribution >= 0.6 is 11.6 Å². The fourth-order valence-corrected chi connectivity index (χ4v) is 1.12. The van der Waals surface area contributed by atoms with Crippen molar-refractivity contribution in [3.8, 4) is 5.88 Å². The minimum absolute atomic E-state index is 0.268. The molecule has 0 bridgehead atoms. The molecule has 0 fully saturated rings. The van der Waals surface area contributed by atoms with E-state index in [1.54, 1.807) is 13.0 Å². The zero-order valence-corrected chi connectivity index (χ0v) is 7.51. The first-order valence-corrected chi connectivity index (χ1v) is 3.65. The van der Waals surface area contributed by atoms with Gasteiger partial charge in [0, 0.05) is 5.69 Å². The van der Waals surface area contributed by atoms with Gasteiger partial charge >= 0.3 is 0 Å². The Morgan fingerprint density at radius 1 is 1.67 bits per heavy atom. The number of ether oxygens (including phenoxy) is 1. The molecule has 3 nitrogen and oxygen atoms in total. The van der Waals surface area contributed by atoms with Crippen LogP contribution < -0.4 is 4.74 Å². The van der Waals surface area contributed by atoms with Crippen LogP contribution in [0.15, 0.2) is 6.07 Å². The Morgan fingerprint density at radius 2 is 2.33 bits per heavy atom. The Morgan fingerprint density at radius 3 is 2.83 bits per heavy atom. The predicted octanol–water partition coefficient (Wildman–Crippen LogP) is 2.60. The maximum Gasteiger partial charge on any atom is 0.265 e. The van der Waals surface area contributed by atoms with Crippen molar-refractivity contribution >= 4 is 17.3 Å². The van der Waals surface area contributed by atoms with E-state index in [9.17, 15) is 0 Å². The SMILES string of the molecule is [C-]#[N+]c1c(Cl)cc(C)nc1OC. The van der Waals surface area contributed by atoms with Gasteiger partial charge in [0.2, 0.25) is 5.88 Å². The highest BCUT2D eigenvalue weighted by Gasteiger charge is 2.09. The summed E-state index contributed by atoms with van der Waals surface area (Å²) >= 11 is 5.78. The molecule has 12 heavy (non-hydrogen) atoms. The van der Waals surface area contributed by atoms with Gasteiger partial charge in [0.25, 0.3) is 5.69 Å². The first-order valence-electron chi connectivity index (χ1n) is 3.27. The Hall–Kier alpha value is -1.27. The van der Waals surface area contributed by atoms with Gasteiger partial charge in [-0.25, -0.2) is 9.83 Å². The number of aromatic nitrogens is 1. The molecule has 1 aromatic rings. The van der Waals surface area contributed by atoms with Crippen LogP contribution in [0.3, 0.4) is 0 Å². The lowest BCUT2D eigenvalue weighted by Gasteiger charge is -2.03. The van der Waals surface area contributed by atoms with Crippen LogP contribution in [0.2, 0.25) is 5.02 Å². The van der Waals surface area contributed by atoms with Gasteiger partial charge in [0.15, 0.2) is 0 Å². The zero-order valence-electron chi connectivity index (χ0n) is 6.76. The monoisotopic (exact) mass is 182 g/mol. The van der Waals surface area contributed by atoms with Gasteiger partial charge in [0.05, 0.1) is 18.7 Å². The van der Waals surface area contributed by atoms with Crippen LogP contribution in [0.1, 0.15) is 5.69 Å². The van der Waals surface area contributed by atoms with Crippen molar-refractivity contribution in [3.05, 3.63) is 28.2 Å². The topological polar surface area (TPSA) is 26.5 Å². The number of hydrogen-bond donors (Lipinski definition) is 0. The van der Waals surface area contributed by atoms with Crippen LogP contribution in [0.4, 0.5) is 5.69 Å². The first-order chi connectivity index (χ1) is 5.69. The van der Waals surface area contributed by atoms with Crippen LogP contribution in [0, 0.1) is 13.5 Å². The van der Waals surface area contributed by atoms with Crippen molar-refractivity contribution < 1.29 is 4.74 Å². The zero-order chi connectivity index (χ0) is 9.14. The summed E-state index contributed by atoms with van der Waals surface area (Å²) in [6, 6.07) is 1.64. The average Bonchev–Trinajstić information content (AvgIpc) is 2.03. The minimum Gasteiger partial charge on any atom is -0.490 e. The average molecular weight is 183 g/mol. The van der Waals surface area contributed by atoms with Crippen molar-refractivity contribution in [2.24, 2.45) is 0 Å². The Bertz CT molecular complexity index is 344. The molecule has 0 aromatic carbocycles. The summed E-state index contributed by atoms with van der Waals surface area (Å²) in [6.07, 6.45) is 0. The van der Waals surface area contributed by atoms with Gasteiger partial charge in [-0.05, 0) is 13.0 Å². The molecule has 1 aromatic heterocycles. The fourth-order valence-electron chi connectivity index (χ4n) is 0.843. The standard InChI is InChI=1S/C8H7ClN2O/c1-5-4-6(9)7(10-2)8(11-5)12-3/h4H,1,3H3. The molecule has 0 spiro atoms. The van der Waals surface area contributed by atoms with E-state index < -0.39 is 0 Å². The van der Waals surface area contributed by atoms with Crippen molar-refractivity contribution in [2.75, 3.05) is 7.11 Å². The molecule has 0 unspecified atom stereocenters. The predicted molar refractivity (Wildman–Crippen MR) is 46.8 cm³/mol. The molecule has 0 aliphatic heterocycles. The maximum atomic E-state index is 6.82. The van der Waals surface area contributed by atoms with Gasteiger partial charge in [-0.1, -0.05) is 11.6 Å². The molecule has 0 radical (unpaired) electrons. The van der Waals surface area contributed by atoms with Crippen molar-refractivity contribution in [1.82, 2.24) is 4.98 Å². The summed E-state index contributed by atoms with van der Waals surface area (Å²) in [7, 11) is 1.47. The van der Waals surface area contributed by atoms with E-state index in [1.165, 1.54) is 7.11 Å². The third-order valence-corrected chi connectivity index (χ3v) is 1.64. The van der Waals surface area contributed by atoms with Crippen LogP contribution in [0.5, 0.6) is 5.88 Å². The van der Waals surface area contributed by atoms with Crippen LogP contribution in [0.25, 0.3) is 4.85 Å². The van der Waals surface area contributed by atoms with E-state index in [0.29, 0.717) is 5.02 Å². The Kier molecular flexibility index (Phi) is 2.51. The lowest BCUT2D eigenvalue weighted by atomic mass is 10.3. The highest BCUT2D eigenvalue weighted by atomic mass is 35.5. The van der Waals surface area contributed by atoms with E-state index >= 15 is 0 Å². The minimum atomic E-state index is 0.268. The second-order valence-corrected chi connectivity index (χ2v) is 2.62. The summed E-state index contributed by atoms with van der Waals surface area (Å²) in [6.45, 7) is 8.61. The lowest BCUT2D eigenvalue weighted by Crippen LogP contribution is -1.90. The quantitative estimate of drug-likeness (QED) is 0.625. The van der Waals surface area contributed by atoms with Gasteiger partial charge in [-0.15, -0.1) is 0 Å². The largest absolute Gasteiger partial charge is 0.490 e. The summed E-state index contributed by atoms with van der Waals surface area (Å²) in [5.74, 6) is 0.287. The second-order valence-electron chi connectivity index (χ2n) is 2.22. The van der Waals surface area contributed by atoms with E-state index in [1.807, 2.05) is 0 Å². The first kappa shape index (κ1) is 8.82. The molecular weight excluding hydrogens is 176 g/mol. The molecule has 1 heterocycles. The van der Waals surface area contributed by atoms with Crippen molar-refractivity contribution in [3.63, 3.8) is 0 Å². The smallest absolute Gasteiger partial charge is 0.265 e. The molecule has 62 valence electrons. The molecule has 0 saturated carbocycles. The van der Waals surface area contributed by atoms with Crippen molar-refractivity contribution in [2.45, 2.75) is 6.92 Å². The normalized spacial score (nSPS) is 9.17. The number of nitrogens with zero attached hydrogens (tertiary/aromatic N) is 2. The number of hydrogen-bond acceptors (Lipinski definition) is 2. The van der Waals surface area contributed by atoms with Gasteiger partial charge in [0.1, 0.15) is 0 Å². The summed E-state index contributed by atoms with van der Waals surface area (Å²) < 4.78 is 4.89. The van der Waals surface area contributed by atoms with Crippen LogP contribution in [-0.4, -0.2) is 12.1 Å². The van der Waals surface area contributed by atoms with Crippen molar-refractivity contribution in [1.29, 1.82) is 0 Å². The molecule has 0 N–H and O–H groups in total. The number of rotatable bonds is 1. The molecule has 0 aliphatic carbocycles. The number of aryl methyl sites for hydroxylation is 1. The molecular formula is C8H7ClN2O. The number of pyridine rings is 1.